The maximum absolute atomic E-state index is 14.9. The van der Waals surface area contributed by atoms with Crippen LogP contribution in [-0.4, -0.2) is 70.4 Å². The number of rotatable bonds is 10. The van der Waals surface area contributed by atoms with Gasteiger partial charge in [0.05, 0.1) is 24.6 Å². The van der Waals surface area contributed by atoms with Crippen LogP contribution in [0.4, 0.5) is 0 Å². The summed E-state index contributed by atoms with van der Waals surface area (Å²) in [6, 6.07) is 18.5. The summed E-state index contributed by atoms with van der Waals surface area (Å²) < 4.78 is 71.4. The molecule has 1 aliphatic rings. The number of benzene rings is 3. The molecular formula is C32H39N3O6S2. The number of likely N-dealkylation sites (tertiary alicyclic amines) is 1. The molecule has 1 aromatic heterocycles. The molecule has 0 N–H and O–H groups in total. The van der Waals surface area contributed by atoms with E-state index in [0.717, 1.165) is 22.6 Å². The first kappa shape index (κ1) is 31.1. The van der Waals surface area contributed by atoms with Crippen LogP contribution in [0.3, 0.4) is 0 Å². The predicted molar refractivity (Wildman–Crippen MR) is 168 cm³/mol. The second-order valence-electron chi connectivity index (χ2n) is 11.3. The summed E-state index contributed by atoms with van der Waals surface area (Å²) in [5.74, 6) is 1.07. The van der Waals surface area contributed by atoms with Gasteiger partial charge in [-0.3, -0.25) is 0 Å². The highest BCUT2D eigenvalue weighted by Crippen LogP contribution is 2.38. The zero-order valence-electron chi connectivity index (χ0n) is 25.2. The Morgan fingerprint density at radius 3 is 2.23 bits per heavy atom. The number of hydrogen-bond donors (Lipinski definition) is 0. The van der Waals surface area contributed by atoms with Crippen LogP contribution in [0.15, 0.2) is 82.7 Å². The Morgan fingerprint density at radius 1 is 0.907 bits per heavy atom. The Morgan fingerprint density at radius 2 is 1.60 bits per heavy atom. The van der Waals surface area contributed by atoms with Crippen molar-refractivity contribution in [2.24, 2.45) is 0 Å². The first-order valence-electron chi connectivity index (χ1n) is 14.3. The van der Waals surface area contributed by atoms with E-state index >= 15 is 0 Å². The fraction of sp³-hybridized carbons (Fsp3) is 0.375. The van der Waals surface area contributed by atoms with E-state index in [1.807, 2.05) is 33.0 Å². The van der Waals surface area contributed by atoms with Gasteiger partial charge in [0.25, 0.3) is 10.0 Å². The van der Waals surface area contributed by atoms with Gasteiger partial charge < -0.3 is 14.4 Å². The molecular weight excluding hydrogens is 587 g/mol. The number of sulfonamides is 1. The lowest BCUT2D eigenvalue weighted by Gasteiger charge is -2.36. The van der Waals surface area contributed by atoms with Crippen molar-refractivity contribution in [2.75, 3.05) is 34.4 Å². The number of aromatic nitrogens is 1. The Bertz CT molecular complexity index is 1810. The Hall–Kier alpha value is -3.38. The first-order valence-corrected chi connectivity index (χ1v) is 17.2. The summed E-state index contributed by atoms with van der Waals surface area (Å²) in [7, 11) is -3.17. The normalized spacial score (nSPS) is 15.4. The maximum Gasteiger partial charge on any atom is 0.268 e. The number of nitrogens with zero attached hydrogens (tertiary/aromatic N) is 3. The molecule has 1 saturated heterocycles. The zero-order chi connectivity index (χ0) is 30.9. The van der Waals surface area contributed by atoms with Gasteiger partial charge in [-0.1, -0.05) is 50.2 Å². The lowest BCUT2D eigenvalue weighted by Crippen LogP contribution is -2.46. The Balaban J connectivity index is 1.73. The van der Waals surface area contributed by atoms with E-state index < -0.39 is 20.0 Å². The molecule has 0 radical (unpaired) electrons. The van der Waals surface area contributed by atoms with Gasteiger partial charge in [0, 0.05) is 35.8 Å². The molecule has 1 fully saturated rings. The van der Waals surface area contributed by atoms with Gasteiger partial charge >= 0.3 is 0 Å². The van der Waals surface area contributed by atoms with E-state index in [-0.39, 0.29) is 28.3 Å². The third-order valence-corrected chi connectivity index (χ3v) is 11.8. The molecule has 0 spiro atoms. The minimum atomic E-state index is -4.22. The summed E-state index contributed by atoms with van der Waals surface area (Å²) in [6.07, 6.45) is 2.58. The number of hydrogen-bond acceptors (Lipinski definition) is 7. The van der Waals surface area contributed by atoms with Gasteiger partial charge in [-0.25, -0.2) is 20.8 Å². The molecule has 230 valence electrons. The summed E-state index contributed by atoms with van der Waals surface area (Å²) in [6.45, 7) is 5.51. The fourth-order valence-corrected chi connectivity index (χ4v) is 9.14. The molecule has 0 saturated carbocycles. The first-order chi connectivity index (χ1) is 20.5. The monoisotopic (exact) mass is 625 g/mol. The molecule has 43 heavy (non-hydrogen) atoms. The van der Waals surface area contributed by atoms with Crippen LogP contribution in [0.2, 0.25) is 0 Å². The molecule has 0 atom stereocenters. The molecule has 0 unspecified atom stereocenters. The smallest absolute Gasteiger partial charge is 0.268 e. The van der Waals surface area contributed by atoms with Crippen LogP contribution in [0, 0.1) is 0 Å². The molecule has 5 rings (SSSR count). The van der Waals surface area contributed by atoms with Gasteiger partial charge in [0.15, 0.2) is 0 Å². The van der Waals surface area contributed by atoms with E-state index in [9.17, 15) is 16.8 Å². The standard InChI is InChI=1S/C32H39N3O6S2/c1-23(2)28-12-9-13-29-32(28)31(22-35(29)42(36,37)27-10-7-6-8-11-27)43(38,39)34(25-16-18-33(3)19-17-25)21-24-14-15-26(40-4)20-30(24)41-5/h6-15,20,22-23,25H,16-19,21H2,1-5H3. The van der Waals surface area contributed by atoms with Crippen molar-refractivity contribution in [1.29, 1.82) is 0 Å². The summed E-state index contributed by atoms with van der Waals surface area (Å²) in [5, 5.41) is 0.427. The average molecular weight is 626 g/mol. The quantitative estimate of drug-likeness (QED) is 0.236. The molecule has 0 amide bonds. The van der Waals surface area contributed by atoms with E-state index in [1.165, 1.54) is 22.6 Å². The molecule has 2 heterocycles. The lowest BCUT2D eigenvalue weighted by molar-refractivity contribution is 0.178. The van der Waals surface area contributed by atoms with E-state index in [4.69, 9.17) is 9.47 Å². The van der Waals surface area contributed by atoms with Gasteiger partial charge in [-0.2, -0.15) is 4.31 Å². The van der Waals surface area contributed by atoms with E-state index in [0.29, 0.717) is 40.8 Å². The van der Waals surface area contributed by atoms with Gasteiger partial charge in [0.2, 0.25) is 10.0 Å². The highest BCUT2D eigenvalue weighted by Gasteiger charge is 2.38. The highest BCUT2D eigenvalue weighted by molar-refractivity contribution is 7.90. The number of fused-ring (bicyclic) bond motifs is 1. The lowest BCUT2D eigenvalue weighted by atomic mass is 9.99. The van der Waals surface area contributed by atoms with Crippen molar-refractivity contribution in [1.82, 2.24) is 13.2 Å². The topological polar surface area (TPSA) is 98.1 Å². The molecule has 0 aliphatic carbocycles. The van der Waals surface area contributed by atoms with E-state index in [1.54, 1.807) is 56.7 Å². The largest absolute Gasteiger partial charge is 0.497 e. The number of piperidine rings is 1. The SMILES string of the molecule is COc1ccc(CN(C2CCN(C)CC2)S(=O)(=O)c2cn(S(=O)(=O)c3ccccc3)c3cccc(C(C)C)c23)c(OC)c1. The molecule has 1 aliphatic heterocycles. The summed E-state index contributed by atoms with van der Waals surface area (Å²) in [5.41, 5.74) is 1.79. The predicted octanol–water partition coefficient (Wildman–Crippen LogP) is 5.30. The fourth-order valence-electron chi connectivity index (χ4n) is 5.80. The minimum absolute atomic E-state index is 0.0160. The number of ether oxygens (including phenoxy) is 2. The molecule has 9 nitrogen and oxygen atoms in total. The molecule has 0 bridgehead atoms. The van der Waals surface area contributed by atoms with Crippen molar-refractivity contribution >= 4 is 30.9 Å². The molecule has 3 aromatic carbocycles. The highest BCUT2D eigenvalue weighted by atomic mass is 32.2. The average Bonchev–Trinajstić information content (AvgIpc) is 3.42. The second-order valence-corrected chi connectivity index (χ2v) is 14.9. The van der Waals surface area contributed by atoms with Gasteiger partial charge in [0.1, 0.15) is 16.4 Å². The van der Waals surface area contributed by atoms with Gasteiger partial charge in [-0.05, 0) is 68.7 Å². The van der Waals surface area contributed by atoms with Crippen LogP contribution >= 0.6 is 0 Å². The van der Waals surface area contributed by atoms with E-state index in [2.05, 4.69) is 4.90 Å². The minimum Gasteiger partial charge on any atom is -0.497 e. The maximum atomic E-state index is 14.9. The van der Waals surface area contributed by atoms with Crippen molar-refractivity contribution in [2.45, 2.75) is 55.0 Å². The van der Waals surface area contributed by atoms with Crippen LogP contribution < -0.4 is 9.47 Å². The third kappa shape index (κ3) is 5.91. The Labute approximate surface area is 254 Å². The van der Waals surface area contributed by atoms with Crippen LogP contribution in [0.5, 0.6) is 11.5 Å². The van der Waals surface area contributed by atoms with Crippen molar-refractivity contribution in [3.63, 3.8) is 0 Å². The Kier molecular flexibility index (Phi) is 8.89. The van der Waals surface area contributed by atoms with Crippen molar-refractivity contribution in [3.05, 3.63) is 84.1 Å². The summed E-state index contributed by atoms with van der Waals surface area (Å²) >= 11 is 0. The molecule has 11 heteroatoms. The van der Waals surface area contributed by atoms with Crippen LogP contribution in [0.1, 0.15) is 43.7 Å². The third-order valence-electron chi connectivity index (χ3n) is 8.22. The second kappa shape index (κ2) is 12.3. The van der Waals surface area contributed by atoms with Crippen molar-refractivity contribution in [3.8, 4) is 11.5 Å². The van der Waals surface area contributed by atoms with Gasteiger partial charge in [-0.15, -0.1) is 0 Å². The molecule has 4 aromatic rings. The van der Waals surface area contributed by atoms with Crippen LogP contribution in [-0.2, 0) is 26.6 Å². The summed E-state index contributed by atoms with van der Waals surface area (Å²) in [4.78, 5) is 2.25. The van der Waals surface area contributed by atoms with Crippen molar-refractivity contribution < 1.29 is 26.3 Å². The van der Waals surface area contributed by atoms with Crippen LogP contribution in [0.25, 0.3) is 10.9 Å². The number of methoxy groups -OCH3 is 2. The zero-order valence-corrected chi connectivity index (χ0v) is 26.9.